The van der Waals surface area contributed by atoms with Crippen molar-refractivity contribution in [3.05, 3.63) is 51.4 Å². The van der Waals surface area contributed by atoms with Crippen LogP contribution in [0.2, 0.25) is 0 Å². The molecule has 2 aromatic carbocycles. The molecule has 102 valence electrons. The Hall–Kier alpha value is -2.21. The van der Waals surface area contributed by atoms with E-state index in [0.717, 1.165) is 15.8 Å². The van der Waals surface area contributed by atoms with Crippen molar-refractivity contribution in [3.8, 4) is 0 Å². The molecule has 0 unspecified atom stereocenters. The van der Waals surface area contributed by atoms with E-state index in [1.165, 1.54) is 0 Å². The van der Waals surface area contributed by atoms with Crippen molar-refractivity contribution in [2.24, 2.45) is 0 Å². The predicted molar refractivity (Wildman–Crippen MR) is 83.5 cm³/mol. The number of rotatable bonds is 2. The second-order valence-corrected chi connectivity index (χ2v) is 5.37. The number of nitrogens with one attached hydrogen (secondary N) is 1. The minimum Gasteiger partial charge on any atom is -0.408 e. The predicted octanol–water partition coefficient (Wildman–Crippen LogP) is 3.23. The van der Waals surface area contributed by atoms with E-state index in [-0.39, 0.29) is 0 Å². The molecule has 0 aliphatic heterocycles. The number of aromatic nitrogens is 1. The molecule has 1 heterocycles. The Balaban J connectivity index is 2.06. The molecule has 0 saturated carbocycles. The Morgan fingerprint density at radius 1 is 1.25 bits per heavy atom. The summed E-state index contributed by atoms with van der Waals surface area (Å²) in [5, 5.41) is 0. The maximum atomic E-state index is 11.2. The maximum absolute atomic E-state index is 11.2. The van der Waals surface area contributed by atoms with Gasteiger partial charge in [-0.25, -0.2) is 4.79 Å². The number of nitrogens with two attached hydrogens (primary N) is 1. The van der Waals surface area contributed by atoms with Gasteiger partial charge >= 0.3 is 5.76 Å². The summed E-state index contributed by atoms with van der Waals surface area (Å²) < 4.78 is 6.00. The SMILES string of the molecule is CN(c1ccc2[nH]c(=O)oc2c1)c1ccc(Br)cc1N. The summed E-state index contributed by atoms with van der Waals surface area (Å²) in [5.74, 6) is -0.456. The summed E-state index contributed by atoms with van der Waals surface area (Å²) in [4.78, 5) is 15.7. The average Bonchev–Trinajstić information content (AvgIpc) is 2.77. The minimum absolute atomic E-state index is 0.456. The van der Waals surface area contributed by atoms with Gasteiger partial charge in [0.05, 0.1) is 16.9 Å². The van der Waals surface area contributed by atoms with Crippen LogP contribution in [0.25, 0.3) is 11.1 Å². The van der Waals surface area contributed by atoms with Crippen LogP contribution in [0.5, 0.6) is 0 Å². The lowest BCUT2D eigenvalue weighted by atomic mass is 10.2. The molecular weight excluding hydrogens is 322 g/mol. The van der Waals surface area contributed by atoms with Gasteiger partial charge in [0.25, 0.3) is 0 Å². The zero-order chi connectivity index (χ0) is 14.3. The van der Waals surface area contributed by atoms with E-state index in [9.17, 15) is 4.79 Å². The number of oxazole rings is 1. The first kappa shape index (κ1) is 12.8. The van der Waals surface area contributed by atoms with Crippen LogP contribution in [0.3, 0.4) is 0 Å². The number of aromatic amines is 1. The number of benzene rings is 2. The Labute approximate surface area is 123 Å². The number of H-pyrrole nitrogens is 1. The van der Waals surface area contributed by atoms with Crippen LogP contribution in [0.4, 0.5) is 17.1 Å². The summed E-state index contributed by atoms with van der Waals surface area (Å²) in [6, 6.07) is 11.2. The molecule has 5 nitrogen and oxygen atoms in total. The summed E-state index contributed by atoms with van der Waals surface area (Å²) in [6.07, 6.45) is 0. The topological polar surface area (TPSA) is 75.3 Å². The van der Waals surface area contributed by atoms with Gasteiger partial charge in [0.1, 0.15) is 0 Å². The Morgan fingerprint density at radius 2 is 2.05 bits per heavy atom. The smallest absolute Gasteiger partial charge is 0.408 e. The van der Waals surface area contributed by atoms with Crippen molar-refractivity contribution in [3.63, 3.8) is 0 Å². The van der Waals surface area contributed by atoms with Crippen molar-refractivity contribution in [2.75, 3.05) is 17.7 Å². The lowest BCUT2D eigenvalue weighted by Gasteiger charge is -2.21. The lowest BCUT2D eigenvalue weighted by Crippen LogP contribution is -2.11. The third-order valence-electron chi connectivity index (χ3n) is 3.14. The normalized spacial score (nSPS) is 10.9. The van der Waals surface area contributed by atoms with Crippen LogP contribution in [-0.4, -0.2) is 12.0 Å². The summed E-state index contributed by atoms with van der Waals surface area (Å²) in [6.45, 7) is 0. The van der Waals surface area contributed by atoms with E-state index in [1.807, 2.05) is 36.2 Å². The van der Waals surface area contributed by atoms with Crippen molar-refractivity contribution in [2.45, 2.75) is 0 Å². The molecule has 0 bridgehead atoms. The van der Waals surface area contributed by atoms with Gasteiger partial charge in [0, 0.05) is 23.3 Å². The highest BCUT2D eigenvalue weighted by molar-refractivity contribution is 9.10. The van der Waals surface area contributed by atoms with Crippen LogP contribution >= 0.6 is 15.9 Å². The number of nitrogens with zero attached hydrogens (tertiary/aromatic N) is 1. The third-order valence-corrected chi connectivity index (χ3v) is 3.64. The molecule has 6 heteroatoms. The molecule has 0 fully saturated rings. The zero-order valence-corrected chi connectivity index (χ0v) is 12.3. The molecule has 20 heavy (non-hydrogen) atoms. The van der Waals surface area contributed by atoms with Gasteiger partial charge < -0.3 is 15.1 Å². The second kappa shape index (κ2) is 4.72. The summed E-state index contributed by atoms with van der Waals surface area (Å²) in [7, 11) is 1.91. The fraction of sp³-hybridized carbons (Fsp3) is 0.0714. The number of hydrogen-bond donors (Lipinski definition) is 2. The van der Waals surface area contributed by atoms with Gasteiger partial charge in [0.15, 0.2) is 5.58 Å². The van der Waals surface area contributed by atoms with Crippen LogP contribution in [0.1, 0.15) is 0 Å². The maximum Gasteiger partial charge on any atom is 0.417 e. The van der Waals surface area contributed by atoms with Gasteiger partial charge in [-0.15, -0.1) is 0 Å². The average molecular weight is 334 g/mol. The van der Waals surface area contributed by atoms with Gasteiger partial charge in [-0.05, 0) is 30.3 Å². The highest BCUT2D eigenvalue weighted by Crippen LogP contribution is 2.32. The largest absolute Gasteiger partial charge is 0.417 e. The van der Waals surface area contributed by atoms with E-state index < -0.39 is 5.76 Å². The zero-order valence-electron chi connectivity index (χ0n) is 10.7. The molecule has 3 rings (SSSR count). The number of anilines is 3. The monoisotopic (exact) mass is 333 g/mol. The molecule has 0 aliphatic carbocycles. The first-order valence-electron chi connectivity index (χ1n) is 5.96. The molecule has 0 atom stereocenters. The van der Waals surface area contributed by atoms with Gasteiger partial charge in [-0.3, -0.25) is 4.98 Å². The first-order valence-corrected chi connectivity index (χ1v) is 6.75. The van der Waals surface area contributed by atoms with Gasteiger partial charge in [-0.2, -0.15) is 0 Å². The van der Waals surface area contributed by atoms with E-state index in [1.54, 1.807) is 12.1 Å². The molecule has 3 N–H and O–H groups in total. The van der Waals surface area contributed by atoms with Gasteiger partial charge in [-0.1, -0.05) is 15.9 Å². The van der Waals surface area contributed by atoms with E-state index in [4.69, 9.17) is 10.2 Å². The lowest BCUT2D eigenvalue weighted by molar-refractivity contribution is 0.555. The highest BCUT2D eigenvalue weighted by atomic mass is 79.9. The van der Waals surface area contributed by atoms with E-state index in [0.29, 0.717) is 16.8 Å². The summed E-state index contributed by atoms with van der Waals surface area (Å²) >= 11 is 3.38. The molecule has 0 amide bonds. The number of nitrogen functional groups attached to an aromatic ring is 1. The highest BCUT2D eigenvalue weighted by Gasteiger charge is 2.10. The molecule has 1 aromatic heterocycles. The first-order chi connectivity index (χ1) is 9.54. The molecule has 0 aliphatic rings. The minimum atomic E-state index is -0.456. The van der Waals surface area contributed by atoms with Crippen LogP contribution in [0, 0.1) is 0 Å². The van der Waals surface area contributed by atoms with Crippen LogP contribution < -0.4 is 16.4 Å². The molecule has 0 radical (unpaired) electrons. The van der Waals surface area contributed by atoms with Crippen molar-refractivity contribution in [1.29, 1.82) is 0 Å². The Bertz CT molecular complexity index is 838. The molecular formula is C14H12BrN3O2. The van der Waals surface area contributed by atoms with E-state index >= 15 is 0 Å². The second-order valence-electron chi connectivity index (χ2n) is 4.46. The third kappa shape index (κ3) is 2.18. The molecule has 0 saturated heterocycles. The van der Waals surface area contributed by atoms with Crippen molar-refractivity contribution in [1.82, 2.24) is 4.98 Å². The molecule has 0 spiro atoms. The Kier molecular flexibility index (Phi) is 3.02. The van der Waals surface area contributed by atoms with Crippen LogP contribution in [-0.2, 0) is 0 Å². The van der Waals surface area contributed by atoms with Gasteiger partial charge in [0.2, 0.25) is 0 Å². The quantitative estimate of drug-likeness (QED) is 0.706. The van der Waals surface area contributed by atoms with Crippen molar-refractivity contribution < 1.29 is 4.42 Å². The fourth-order valence-electron chi connectivity index (χ4n) is 2.11. The number of fused-ring (bicyclic) bond motifs is 1. The number of halogens is 1. The standard InChI is InChI=1S/C14H12BrN3O2/c1-18(12-5-2-8(15)6-10(12)16)9-3-4-11-13(7-9)20-14(19)17-11/h2-7H,16H2,1H3,(H,17,19). The van der Waals surface area contributed by atoms with Crippen molar-refractivity contribution >= 4 is 44.1 Å². The Morgan fingerprint density at radius 3 is 2.80 bits per heavy atom. The van der Waals surface area contributed by atoms with E-state index in [2.05, 4.69) is 20.9 Å². The summed E-state index contributed by atoms with van der Waals surface area (Å²) in [5.41, 5.74) is 9.65. The van der Waals surface area contributed by atoms with Crippen LogP contribution in [0.15, 0.2) is 50.1 Å². The molecule has 3 aromatic rings. The number of hydrogen-bond acceptors (Lipinski definition) is 4. The fourth-order valence-corrected chi connectivity index (χ4v) is 2.49.